The Morgan fingerprint density at radius 3 is 1.93 bits per heavy atom. The number of benzene rings is 2. The molecule has 0 radical (unpaired) electrons. The van der Waals surface area contributed by atoms with Crippen molar-refractivity contribution in [2.24, 2.45) is 0 Å². The standard InChI is InChI=1S/C47H58ClN3O6/c1-4-5-6-7-8-9-10-11-12-13-14-15-16-17-18-19-20-21-22-26-44(52)49-33-24-23-25-42(47(55)56)50-45(53)35-40-36(2)51(43-32-31-39(57-3)34-41(40)43)46(54)37-27-29-38(48)30-28-37/h5-6,8-9,11-12,14-15,17-18,20-21,27-32,34,42H,4,7,10,13,16,19,22-26,33,35H2,1-3H3,(H,49,52)(H,50,53)(H,55,56)/b6-5-,9-8-,12-11-,15-14-,18-17-,21-20-. The summed E-state index contributed by atoms with van der Waals surface area (Å²) in [6, 6.07) is 10.7. The van der Waals surface area contributed by atoms with Crippen molar-refractivity contribution in [1.82, 2.24) is 15.2 Å². The van der Waals surface area contributed by atoms with Crippen molar-refractivity contribution in [3.05, 3.63) is 137 Å². The molecule has 0 aliphatic heterocycles. The van der Waals surface area contributed by atoms with Crippen LogP contribution < -0.4 is 15.4 Å². The number of carboxylic acid groups (broad SMARTS) is 1. The van der Waals surface area contributed by atoms with Crippen molar-refractivity contribution in [2.75, 3.05) is 13.7 Å². The van der Waals surface area contributed by atoms with Crippen LogP contribution in [0.4, 0.5) is 0 Å². The molecule has 3 aromatic rings. The second-order valence-corrected chi connectivity index (χ2v) is 14.0. The number of allylic oxidation sites excluding steroid dienone is 12. The van der Waals surface area contributed by atoms with Crippen molar-refractivity contribution >= 4 is 46.2 Å². The highest BCUT2D eigenvalue weighted by Gasteiger charge is 2.24. The molecule has 1 unspecified atom stereocenters. The van der Waals surface area contributed by atoms with Gasteiger partial charge < -0.3 is 20.5 Å². The van der Waals surface area contributed by atoms with Gasteiger partial charge in [0.1, 0.15) is 11.8 Å². The Morgan fingerprint density at radius 1 is 0.789 bits per heavy atom. The zero-order valence-electron chi connectivity index (χ0n) is 33.6. The Labute approximate surface area is 342 Å². The summed E-state index contributed by atoms with van der Waals surface area (Å²) < 4.78 is 6.96. The number of nitrogens with one attached hydrogen (secondary N) is 2. The van der Waals surface area contributed by atoms with Crippen molar-refractivity contribution in [3.63, 3.8) is 0 Å². The fraction of sp³-hybridized carbons (Fsp3) is 0.362. The number of carbonyl (C=O) groups is 4. The van der Waals surface area contributed by atoms with Gasteiger partial charge in [0, 0.05) is 34.6 Å². The Morgan fingerprint density at radius 2 is 1.37 bits per heavy atom. The van der Waals surface area contributed by atoms with Crippen molar-refractivity contribution in [3.8, 4) is 5.75 Å². The maximum Gasteiger partial charge on any atom is 0.326 e. The number of fused-ring (bicyclic) bond motifs is 1. The molecule has 1 heterocycles. The Kier molecular flexibility index (Phi) is 21.3. The van der Waals surface area contributed by atoms with E-state index in [-0.39, 0.29) is 24.7 Å². The summed E-state index contributed by atoms with van der Waals surface area (Å²) in [5.74, 6) is -1.39. The first-order chi connectivity index (χ1) is 27.7. The molecule has 0 saturated heterocycles. The van der Waals surface area contributed by atoms with Gasteiger partial charge >= 0.3 is 5.97 Å². The fourth-order valence-electron chi connectivity index (χ4n) is 6.10. The van der Waals surface area contributed by atoms with Gasteiger partial charge in [0.25, 0.3) is 5.91 Å². The summed E-state index contributed by atoms with van der Waals surface area (Å²) in [5.41, 5.74) is 2.19. The molecule has 0 saturated carbocycles. The average Bonchev–Trinajstić information content (AvgIpc) is 3.47. The molecule has 9 nitrogen and oxygen atoms in total. The van der Waals surface area contributed by atoms with E-state index >= 15 is 0 Å². The van der Waals surface area contributed by atoms with Crippen molar-refractivity contribution in [1.29, 1.82) is 0 Å². The molecule has 1 aromatic heterocycles. The third kappa shape index (κ3) is 16.7. The Bertz CT molecular complexity index is 1930. The van der Waals surface area contributed by atoms with Crippen molar-refractivity contribution in [2.45, 2.75) is 96.9 Å². The average molecular weight is 796 g/mol. The van der Waals surface area contributed by atoms with Crippen LogP contribution in [0.25, 0.3) is 10.9 Å². The number of hydrogen-bond acceptors (Lipinski definition) is 5. The quantitative estimate of drug-likeness (QED) is 0.0579. The highest BCUT2D eigenvalue weighted by molar-refractivity contribution is 6.30. The molecule has 0 bridgehead atoms. The molecule has 0 aliphatic carbocycles. The number of amides is 2. The van der Waals surface area contributed by atoms with Crippen LogP contribution in [0, 0.1) is 6.92 Å². The van der Waals surface area contributed by atoms with Crippen LogP contribution in [0.3, 0.4) is 0 Å². The van der Waals surface area contributed by atoms with Crippen LogP contribution in [0.1, 0.15) is 99.2 Å². The monoisotopic (exact) mass is 795 g/mol. The maximum atomic E-state index is 13.6. The van der Waals surface area contributed by atoms with Gasteiger partial charge in [-0.15, -0.1) is 0 Å². The number of nitrogens with zero attached hydrogens (tertiary/aromatic N) is 1. The first-order valence-electron chi connectivity index (χ1n) is 19.8. The van der Waals surface area contributed by atoms with Crippen LogP contribution in [0.5, 0.6) is 5.75 Å². The van der Waals surface area contributed by atoms with Gasteiger partial charge in [-0.2, -0.15) is 0 Å². The number of hydrogen-bond donors (Lipinski definition) is 3. The van der Waals surface area contributed by atoms with E-state index in [1.54, 1.807) is 54.0 Å². The topological polar surface area (TPSA) is 127 Å². The molecule has 0 fully saturated rings. The van der Waals surface area contributed by atoms with Crippen LogP contribution in [-0.4, -0.2) is 53.1 Å². The first kappa shape index (κ1) is 46.0. The van der Waals surface area contributed by atoms with Gasteiger partial charge in [-0.25, -0.2) is 4.79 Å². The highest BCUT2D eigenvalue weighted by atomic mass is 35.5. The van der Waals surface area contributed by atoms with E-state index < -0.39 is 17.9 Å². The third-order valence-corrected chi connectivity index (χ3v) is 9.44. The van der Waals surface area contributed by atoms with Gasteiger partial charge in [0.2, 0.25) is 11.8 Å². The van der Waals surface area contributed by atoms with E-state index in [9.17, 15) is 24.3 Å². The minimum absolute atomic E-state index is 0.0571. The summed E-state index contributed by atoms with van der Waals surface area (Å²) >= 11 is 6.03. The number of rotatable bonds is 25. The summed E-state index contributed by atoms with van der Waals surface area (Å²) in [4.78, 5) is 51.2. The largest absolute Gasteiger partial charge is 0.497 e. The second-order valence-electron chi connectivity index (χ2n) is 13.5. The molecule has 3 N–H and O–H groups in total. The molecule has 0 aliphatic rings. The first-order valence-corrected chi connectivity index (χ1v) is 20.2. The Hall–Kier alpha value is -5.41. The number of ether oxygens (including phenoxy) is 1. The van der Waals surface area contributed by atoms with Crippen LogP contribution in [-0.2, 0) is 20.8 Å². The number of aromatic nitrogens is 1. The molecule has 2 aromatic carbocycles. The molecule has 3 rings (SSSR count). The van der Waals surface area contributed by atoms with Gasteiger partial charge in [0.15, 0.2) is 0 Å². The smallest absolute Gasteiger partial charge is 0.326 e. The normalized spacial score (nSPS) is 12.6. The van der Waals surface area contributed by atoms with Gasteiger partial charge in [-0.05, 0) is 119 Å². The van der Waals surface area contributed by atoms with Crippen LogP contribution >= 0.6 is 11.6 Å². The predicted octanol–water partition coefficient (Wildman–Crippen LogP) is 10.2. The van der Waals surface area contributed by atoms with E-state index in [2.05, 4.69) is 84.4 Å². The number of halogens is 1. The molecular weight excluding hydrogens is 738 g/mol. The van der Waals surface area contributed by atoms with E-state index in [4.69, 9.17) is 16.3 Å². The lowest BCUT2D eigenvalue weighted by Gasteiger charge is -2.15. The Balaban J connectivity index is 1.35. The number of carboxylic acids is 1. The zero-order valence-corrected chi connectivity index (χ0v) is 34.3. The van der Waals surface area contributed by atoms with E-state index in [0.717, 1.165) is 38.5 Å². The molecular formula is C47H58ClN3O6. The van der Waals surface area contributed by atoms with Gasteiger partial charge in [0.05, 0.1) is 19.0 Å². The predicted molar refractivity (Wildman–Crippen MR) is 232 cm³/mol. The van der Waals surface area contributed by atoms with E-state index in [1.165, 1.54) is 7.11 Å². The SMILES string of the molecule is CC/C=C\C/C=C\C/C=C\C/C=C\C/C=C\C/C=C\CCC(=O)NCCCCC(NC(=O)Cc1c(C)n(C(=O)c2ccc(Cl)cc2)c2ccc(OC)cc12)C(=O)O. The lowest BCUT2D eigenvalue weighted by Crippen LogP contribution is -2.41. The van der Waals surface area contributed by atoms with Crippen LogP contribution in [0.15, 0.2) is 115 Å². The summed E-state index contributed by atoms with van der Waals surface area (Å²) in [7, 11) is 1.53. The zero-order chi connectivity index (χ0) is 41.3. The number of carbonyl (C=O) groups excluding carboxylic acids is 3. The van der Waals surface area contributed by atoms with Crippen LogP contribution in [0.2, 0.25) is 5.02 Å². The molecule has 10 heteroatoms. The third-order valence-electron chi connectivity index (χ3n) is 9.18. The van der Waals surface area contributed by atoms with E-state index in [1.807, 2.05) is 6.08 Å². The minimum atomic E-state index is -1.14. The number of unbranched alkanes of at least 4 members (excludes halogenated alkanes) is 1. The molecule has 304 valence electrons. The lowest BCUT2D eigenvalue weighted by molar-refractivity contribution is -0.142. The summed E-state index contributed by atoms with van der Waals surface area (Å²) in [6.45, 7) is 4.32. The second kappa shape index (κ2) is 26.4. The summed E-state index contributed by atoms with van der Waals surface area (Å²) in [6.07, 6.45) is 33.6. The van der Waals surface area contributed by atoms with Gasteiger partial charge in [-0.3, -0.25) is 19.0 Å². The van der Waals surface area contributed by atoms with Gasteiger partial charge in [-0.1, -0.05) is 91.4 Å². The lowest BCUT2D eigenvalue weighted by atomic mass is 10.1. The molecule has 0 spiro atoms. The summed E-state index contributed by atoms with van der Waals surface area (Å²) in [5, 5.41) is 16.6. The van der Waals surface area contributed by atoms with Crippen molar-refractivity contribution < 1.29 is 29.0 Å². The fourth-order valence-corrected chi connectivity index (χ4v) is 6.23. The maximum absolute atomic E-state index is 13.6. The molecule has 1 atom stereocenters. The van der Waals surface area contributed by atoms with E-state index in [0.29, 0.717) is 70.7 Å². The highest BCUT2D eigenvalue weighted by Crippen LogP contribution is 2.31. The molecule has 57 heavy (non-hydrogen) atoms. The molecule has 2 amide bonds. The minimum Gasteiger partial charge on any atom is -0.497 e. The number of aliphatic carboxylic acids is 1. The number of methoxy groups -OCH3 is 1.